The van der Waals surface area contributed by atoms with Crippen LogP contribution in [0.5, 0.6) is 0 Å². The highest BCUT2D eigenvalue weighted by molar-refractivity contribution is 6.06. The summed E-state index contributed by atoms with van der Waals surface area (Å²) in [5.41, 5.74) is 4.54. The second-order valence-corrected chi connectivity index (χ2v) is 4.38. The van der Waals surface area contributed by atoms with Crippen LogP contribution in [0.4, 0.5) is 0 Å². The van der Waals surface area contributed by atoms with Crippen LogP contribution in [0.15, 0.2) is 28.0 Å². The number of hydrogen-bond acceptors (Lipinski definition) is 4. The molecule has 0 saturated heterocycles. The number of carbonyl (C=O) groups is 1. The fraction of sp³-hybridized carbons (Fsp3) is 0.500. The zero-order chi connectivity index (χ0) is 13.8. The molecule has 0 radical (unpaired) electrons. The van der Waals surface area contributed by atoms with Gasteiger partial charge in [0.1, 0.15) is 11.2 Å². The molecule has 6 nitrogen and oxygen atoms in total. The summed E-state index contributed by atoms with van der Waals surface area (Å²) in [6, 6.07) is 3.25. The fourth-order valence-electron chi connectivity index (χ4n) is 1.53. The maximum Gasteiger partial charge on any atom is 0.234 e. The SMILES string of the molecule is CCC(C)(C(=O)NC(C)c1ccco1)/C(N)=N/O. The summed E-state index contributed by atoms with van der Waals surface area (Å²) in [4.78, 5) is 12.2. The first-order valence-electron chi connectivity index (χ1n) is 5.78. The van der Waals surface area contributed by atoms with Gasteiger partial charge in [0.2, 0.25) is 5.91 Å². The second-order valence-electron chi connectivity index (χ2n) is 4.38. The Labute approximate surface area is 106 Å². The summed E-state index contributed by atoms with van der Waals surface area (Å²) in [5.74, 6) is 0.250. The highest BCUT2D eigenvalue weighted by Crippen LogP contribution is 2.23. The normalized spacial score (nSPS) is 16.9. The predicted octanol–water partition coefficient (Wildman–Crippen LogP) is 1.62. The van der Waals surface area contributed by atoms with Crippen molar-refractivity contribution in [1.29, 1.82) is 0 Å². The van der Waals surface area contributed by atoms with Gasteiger partial charge in [0.15, 0.2) is 5.84 Å². The molecule has 1 heterocycles. The van der Waals surface area contributed by atoms with E-state index in [0.29, 0.717) is 12.2 Å². The molecule has 2 unspecified atom stereocenters. The molecule has 0 bridgehead atoms. The van der Waals surface area contributed by atoms with Crippen molar-refractivity contribution in [1.82, 2.24) is 5.32 Å². The molecular formula is C12H19N3O3. The molecule has 1 aromatic rings. The second kappa shape index (κ2) is 5.57. The largest absolute Gasteiger partial charge is 0.467 e. The lowest BCUT2D eigenvalue weighted by molar-refractivity contribution is -0.128. The molecule has 0 aromatic carbocycles. The number of amidine groups is 1. The summed E-state index contributed by atoms with van der Waals surface area (Å²) in [5, 5.41) is 14.5. The third-order valence-corrected chi connectivity index (χ3v) is 3.20. The van der Waals surface area contributed by atoms with Crippen molar-refractivity contribution in [3.05, 3.63) is 24.2 Å². The highest BCUT2D eigenvalue weighted by Gasteiger charge is 2.37. The van der Waals surface area contributed by atoms with Crippen molar-refractivity contribution in [2.24, 2.45) is 16.3 Å². The van der Waals surface area contributed by atoms with Crippen molar-refractivity contribution >= 4 is 11.7 Å². The Kier molecular flexibility index (Phi) is 4.36. The van der Waals surface area contributed by atoms with Gasteiger partial charge in [0.25, 0.3) is 0 Å². The van der Waals surface area contributed by atoms with Gasteiger partial charge >= 0.3 is 0 Å². The van der Waals surface area contributed by atoms with E-state index in [0.717, 1.165) is 0 Å². The van der Waals surface area contributed by atoms with Crippen LogP contribution in [0.3, 0.4) is 0 Å². The maximum absolute atomic E-state index is 12.2. The van der Waals surface area contributed by atoms with Crippen molar-refractivity contribution in [2.75, 3.05) is 0 Å². The first-order valence-corrected chi connectivity index (χ1v) is 5.78. The van der Waals surface area contributed by atoms with E-state index in [1.54, 1.807) is 39.2 Å². The van der Waals surface area contributed by atoms with Gasteiger partial charge < -0.3 is 20.7 Å². The van der Waals surface area contributed by atoms with Gasteiger partial charge in [-0.25, -0.2) is 0 Å². The van der Waals surface area contributed by atoms with Crippen LogP contribution in [0.25, 0.3) is 0 Å². The maximum atomic E-state index is 12.2. The van der Waals surface area contributed by atoms with Crippen LogP contribution < -0.4 is 11.1 Å². The van der Waals surface area contributed by atoms with Crippen LogP contribution in [0, 0.1) is 5.41 Å². The van der Waals surface area contributed by atoms with Gasteiger partial charge in [0, 0.05) is 0 Å². The minimum atomic E-state index is -1.03. The van der Waals surface area contributed by atoms with Crippen LogP contribution in [-0.2, 0) is 4.79 Å². The van der Waals surface area contributed by atoms with Gasteiger partial charge in [-0.2, -0.15) is 0 Å². The van der Waals surface area contributed by atoms with Gasteiger partial charge in [-0.1, -0.05) is 12.1 Å². The van der Waals surface area contributed by atoms with E-state index in [-0.39, 0.29) is 17.8 Å². The molecule has 1 amide bonds. The number of oxime groups is 1. The Balaban J connectivity index is 2.81. The van der Waals surface area contributed by atoms with E-state index >= 15 is 0 Å². The van der Waals surface area contributed by atoms with Crippen molar-refractivity contribution < 1.29 is 14.4 Å². The van der Waals surface area contributed by atoms with Gasteiger partial charge in [-0.05, 0) is 32.4 Å². The van der Waals surface area contributed by atoms with Crippen LogP contribution >= 0.6 is 0 Å². The molecular weight excluding hydrogens is 234 g/mol. The van der Waals surface area contributed by atoms with E-state index in [2.05, 4.69) is 10.5 Å². The number of amides is 1. The minimum Gasteiger partial charge on any atom is -0.467 e. The molecule has 100 valence electrons. The first-order chi connectivity index (χ1) is 8.45. The standard InChI is InChI=1S/C12H19N3O3/c1-4-12(3,10(13)15-17)11(16)14-8(2)9-6-5-7-18-9/h5-8,17H,4H2,1-3H3,(H2,13,15)(H,14,16). The summed E-state index contributed by atoms with van der Waals surface area (Å²) >= 11 is 0. The van der Waals surface area contributed by atoms with E-state index in [9.17, 15) is 4.79 Å². The first kappa shape index (κ1) is 14.1. The van der Waals surface area contributed by atoms with E-state index in [4.69, 9.17) is 15.4 Å². The van der Waals surface area contributed by atoms with Crippen LogP contribution in [0.2, 0.25) is 0 Å². The Bertz CT molecular complexity index is 428. The third kappa shape index (κ3) is 2.64. The average Bonchev–Trinajstić information content (AvgIpc) is 2.90. The molecule has 2 atom stereocenters. The van der Waals surface area contributed by atoms with Crippen molar-refractivity contribution in [2.45, 2.75) is 33.2 Å². The van der Waals surface area contributed by atoms with Crippen LogP contribution in [0.1, 0.15) is 39.0 Å². The summed E-state index contributed by atoms with van der Waals surface area (Å²) in [6.07, 6.45) is 1.97. The molecule has 0 spiro atoms. The Morgan fingerprint density at radius 3 is 2.83 bits per heavy atom. The Hall–Kier alpha value is -1.98. The number of carbonyl (C=O) groups excluding carboxylic acids is 1. The third-order valence-electron chi connectivity index (χ3n) is 3.20. The molecule has 0 aliphatic rings. The van der Waals surface area contributed by atoms with Crippen molar-refractivity contribution in [3.8, 4) is 0 Å². The molecule has 0 aliphatic heterocycles. The molecule has 0 aliphatic carbocycles. The average molecular weight is 253 g/mol. The van der Waals surface area contributed by atoms with Gasteiger partial charge in [-0.15, -0.1) is 0 Å². The smallest absolute Gasteiger partial charge is 0.234 e. The lowest BCUT2D eigenvalue weighted by atomic mass is 9.85. The van der Waals surface area contributed by atoms with E-state index < -0.39 is 5.41 Å². The van der Waals surface area contributed by atoms with E-state index in [1.165, 1.54) is 0 Å². The van der Waals surface area contributed by atoms with Gasteiger partial charge in [0.05, 0.1) is 12.3 Å². The molecule has 1 aromatic heterocycles. The minimum absolute atomic E-state index is 0.103. The lowest BCUT2D eigenvalue weighted by Gasteiger charge is -2.26. The summed E-state index contributed by atoms with van der Waals surface area (Å²) < 4.78 is 5.20. The summed E-state index contributed by atoms with van der Waals surface area (Å²) in [6.45, 7) is 5.24. The number of nitrogens with one attached hydrogen (secondary N) is 1. The summed E-state index contributed by atoms with van der Waals surface area (Å²) in [7, 11) is 0. The molecule has 1 rings (SSSR count). The predicted molar refractivity (Wildman–Crippen MR) is 67.1 cm³/mol. The lowest BCUT2D eigenvalue weighted by Crippen LogP contribution is -2.48. The number of nitrogens with zero attached hydrogens (tertiary/aromatic N) is 1. The highest BCUT2D eigenvalue weighted by atomic mass is 16.4. The van der Waals surface area contributed by atoms with E-state index in [1.807, 2.05) is 0 Å². The number of nitrogens with two attached hydrogens (primary N) is 1. The molecule has 4 N–H and O–H groups in total. The Morgan fingerprint density at radius 2 is 2.39 bits per heavy atom. The van der Waals surface area contributed by atoms with Gasteiger partial charge in [-0.3, -0.25) is 4.79 Å². The quantitative estimate of drug-likeness (QED) is 0.321. The Morgan fingerprint density at radius 1 is 1.72 bits per heavy atom. The number of furan rings is 1. The zero-order valence-electron chi connectivity index (χ0n) is 10.8. The molecule has 0 fully saturated rings. The number of hydrogen-bond donors (Lipinski definition) is 3. The number of rotatable bonds is 5. The van der Waals surface area contributed by atoms with Crippen LogP contribution in [-0.4, -0.2) is 17.0 Å². The monoisotopic (exact) mass is 253 g/mol. The zero-order valence-corrected chi connectivity index (χ0v) is 10.8. The molecule has 6 heteroatoms. The fourth-order valence-corrected chi connectivity index (χ4v) is 1.53. The van der Waals surface area contributed by atoms with Crippen molar-refractivity contribution in [3.63, 3.8) is 0 Å². The topological polar surface area (TPSA) is 101 Å². The molecule has 18 heavy (non-hydrogen) atoms. The molecule has 0 saturated carbocycles.